The van der Waals surface area contributed by atoms with Crippen LogP contribution in [0, 0.1) is 0 Å². The Hall–Kier alpha value is -1.45. The van der Waals surface area contributed by atoms with E-state index in [9.17, 15) is 13.2 Å². The smallest absolute Gasteiger partial charge is 0.252 e. The Labute approximate surface area is 181 Å². The lowest BCUT2D eigenvalue weighted by Gasteiger charge is -2.36. The van der Waals surface area contributed by atoms with E-state index in [2.05, 4.69) is 24.4 Å². The third-order valence-corrected chi connectivity index (χ3v) is 8.89. The fourth-order valence-corrected chi connectivity index (χ4v) is 6.42. The lowest BCUT2D eigenvalue weighted by molar-refractivity contribution is -0.126. The fourth-order valence-electron chi connectivity index (χ4n) is 3.36. The van der Waals surface area contributed by atoms with Crippen molar-refractivity contribution < 1.29 is 13.2 Å². The van der Waals surface area contributed by atoms with Gasteiger partial charge in [0.15, 0.2) is 0 Å². The summed E-state index contributed by atoms with van der Waals surface area (Å²) in [5.41, 5.74) is 1.19. The van der Waals surface area contributed by atoms with Crippen LogP contribution in [0.25, 0.3) is 0 Å². The van der Waals surface area contributed by atoms with Crippen LogP contribution >= 0.6 is 22.9 Å². The minimum atomic E-state index is -3.52. The van der Waals surface area contributed by atoms with Crippen LogP contribution in [0.3, 0.4) is 0 Å². The van der Waals surface area contributed by atoms with E-state index in [1.165, 1.54) is 9.87 Å². The maximum Gasteiger partial charge on any atom is 0.252 e. The monoisotopic (exact) mass is 455 g/mol. The van der Waals surface area contributed by atoms with Crippen molar-refractivity contribution in [2.45, 2.75) is 30.0 Å². The molecule has 158 valence electrons. The number of nitrogens with one attached hydrogen (secondary N) is 1. The number of sulfonamides is 1. The molecule has 0 unspecified atom stereocenters. The largest absolute Gasteiger partial charge is 0.354 e. The number of hydrogen-bond acceptors (Lipinski definition) is 5. The normalized spacial score (nSPS) is 18.3. The van der Waals surface area contributed by atoms with E-state index in [0.717, 1.165) is 11.3 Å². The topological polar surface area (TPSA) is 69.7 Å². The van der Waals surface area contributed by atoms with Gasteiger partial charge < -0.3 is 5.32 Å². The summed E-state index contributed by atoms with van der Waals surface area (Å²) in [7, 11) is -3.52. The number of carbonyl (C=O) groups is 1. The molecule has 1 aliphatic heterocycles. The summed E-state index contributed by atoms with van der Waals surface area (Å²) in [5, 5.41) is 3.02. The van der Waals surface area contributed by atoms with Crippen LogP contribution in [0.5, 0.6) is 0 Å². The van der Waals surface area contributed by atoms with Crippen LogP contribution in [0.2, 0.25) is 4.34 Å². The maximum absolute atomic E-state index is 12.7. The molecule has 0 saturated carbocycles. The number of rotatable bonds is 7. The third-order valence-electron chi connectivity index (χ3n) is 5.29. The van der Waals surface area contributed by atoms with Crippen LogP contribution < -0.4 is 5.32 Å². The second-order valence-corrected chi connectivity index (χ2v) is 11.1. The molecule has 1 aromatic heterocycles. The first-order valence-electron chi connectivity index (χ1n) is 9.61. The van der Waals surface area contributed by atoms with E-state index < -0.39 is 10.0 Å². The Kier molecular flexibility index (Phi) is 7.34. The summed E-state index contributed by atoms with van der Waals surface area (Å²) < 4.78 is 27.6. The Balaban J connectivity index is 1.50. The van der Waals surface area contributed by atoms with Crippen LogP contribution in [-0.4, -0.2) is 62.3 Å². The van der Waals surface area contributed by atoms with E-state index in [4.69, 9.17) is 11.6 Å². The number of piperazine rings is 1. The van der Waals surface area contributed by atoms with E-state index >= 15 is 0 Å². The van der Waals surface area contributed by atoms with Gasteiger partial charge in [-0.15, -0.1) is 11.3 Å². The maximum atomic E-state index is 12.7. The molecule has 1 amide bonds. The van der Waals surface area contributed by atoms with Gasteiger partial charge in [-0.1, -0.05) is 48.9 Å². The molecule has 29 heavy (non-hydrogen) atoms. The van der Waals surface area contributed by atoms with Gasteiger partial charge in [-0.3, -0.25) is 9.69 Å². The minimum absolute atomic E-state index is 0.0332. The standard InChI is InChI=1S/C20H26ClN3O3S2/c1-15(17-6-4-3-5-7-17)14-22-20(25)16(2)23-10-12-24(13-11-23)29(26,27)19-9-8-18(21)28-19/h3-9,15-16H,10-14H2,1-2H3,(H,22,25)/t15-,16-/m1/s1. The predicted molar refractivity (Wildman–Crippen MR) is 117 cm³/mol. The molecule has 1 saturated heterocycles. The van der Waals surface area contributed by atoms with Crippen LogP contribution in [0.1, 0.15) is 25.3 Å². The van der Waals surface area contributed by atoms with Crippen LogP contribution in [0.4, 0.5) is 0 Å². The Morgan fingerprint density at radius 1 is 1.10 bits per heavy atom. The summed E-state index contributed by atoms with van der Waals surface area (Å²) in [4.78, 5) is 14.6. The lowest BCUT2D eigenvalue weighted by Crippen LogP contribution is -2.55. The zero-order valence-corrected chi connectivity index (χ0v) is 18.9. The van der Waals surface area contributed by atoms with E-state index in [1.54, 1.807) is 12.1 Å². The summed E-state index contributed by atoms with van der Waals surface area (Å²) in [6.45, 7) is 6.27. The Morgan fingerprint density at radius 3 is 2.34 bits per heavy atom. The predicted octanol–water partition coefficient (Wildman–Crippen LogP) is 3.02. The fraction of sp³-hybridized carbons (Fsp3) is 0.450. The molecule has 1 N–H and O–H groups in total. The molecule has 3 rings (SSSR count). The number of amides is 1. The number of carbonyl (C=O) groups excluding carboxylic acids is 1. The molecular weight excluding hydrogens is 430 g/mol. The minimum Gasteiger partial charge on any atom is -0.354 e. The summed E-state index contributed by atoms with van der Waals surface area (Å²) in [6.07, 6.45) is 0. The highest BCUT2D eigenvalue weighted by Gasteiger charge is 2.32. The average Bonchev–Trinajstić information content (AvgIpc) is 3.19. The second kappa shape index (κ2) is 9.57. The number of halogens is 1. The first-order valence-corrected chi connectivity index (χ1v) is 12.2. The quantitative estimate of drug-likeness (QED) is 0.696. The highest BCUT2D eigenvalue weighted by molar-refractivity contribution is 7.91. The third kappa shape index (κ3) is 5.38. The van der Waals surface area contributed by atoms with Gasteiger partial charge in [-0.2, -0.15) is 4.31 Å². The van der Waals surface area contributed by atoms with Crippen LogP contribution in [0.15, 0.2) is 46.7 Å². The lowest BCUT2D eigenvalue weighted by atomic mass is 10.0. The Morgan fingerprint density at radius 2 is 1.76 bits per heavy atom. The van der Waals surface area contributed by atoms with Crippen molar-refractivity contribution in [3.8, 4) is 0 Å². The molecule has 0 aliphatic carbocycles. The molecule has 2 atom stereocenters. The van der Waals surface area contributed by atoms with Crippen molar-refractivity contribution in [3.63, 3.8) is 0 Å². The molecule has 2 heterocycles. The summed E-state index contributed by atoms with van der Waals surface area (Å²) in [5.74, 6) is 0.195. The van der Waals surface area contributed by atoms with Crippen molar-refractivity contribution >= 4 is 38.9 Å². The van der Waals surface area contributed by atoms with Gasteiger partial charge in [0.1, 0.15) is 4.21 Å². The molecule has 1 aromatic carbocycles. The van der Waals surface area contributed by atoms with Gasteiger partial charge in [0.05, 0.1) is 10.4 Å². The van der Waals surface area contributed by atoms with Crippen molar-refractivity contribution in [1.82, 2.24) is 14.5 Å². The number of benzene rings is 1. The molecule has 0 bridgehead atoms. The van der Waals surface area contributed by atoms with E-state index in [0.29, 0.717) is 37.1 Å². The van der Waals surface area contributed by atoms with E-state index in [-0.39, 0.29) is 22.1 Å². The second-order valence-electron chi connectivity index (χ2n) is 7.23. The number of nitrogens with zero attached hydrogens (tertiary/aromatic N) is 2. The molecule has 0 radical (unpaired) electrons. The molecular formula is C20H26ClN3O3S2. The number of thiophene rings is 1. The van der Waals surface area contributed by atoms with Crippen molar-refractivity contribution in [2.75, 3.05) is 32.7 Å². The van der Waals surface area contributed by atoms with Crippen LogP contribution in [-0.2, 0) is 14.8 Å². The van der Waals surface area contributed by atoms with Crippen molar-refractivity contribution in [3.05, 3.63) is 52.4 Å². The summed E-state index contributed by atoms with van der Waals surface area (Å²) >= 11 is 6.94. The zero-order chi connectivity index (χ0) is 21.0. The molecule has 1 aliphatic rings. The first-order chi connectivity index (χ1) is 13.8. The molecule has 0 spiro atoms. The molecule has 9 heteroatoms. The highest BCUT2D eigenvalue weighted by atomic mass is 35.5. The van der Waals surface area contributed by atoms with Crippen molar-refractivity contribution in [2.24, 2.45) is 0 Å². The SMILES string of the molecule is C[C@H](CNC(=O)[C@@H](C)N1CCN(S(=O)(=O)c2ccc(Cl)s2)CC1)c1ccccc1. The zero-order valence-electron chi connectivity index (χ0n) is 16.5. The summed E-state index contributed by atoms with van der Waals surface area (Å²) in [6, 6.07) is 12.9. The van der Waals surface area contributed by atoms with Gasteiger partial charge in [-0.25, -0.2) is 8.42 Å². The molecule has 6 nitrogen and oxygen atoms in total. The van der Waals surface area contributed by atoms with Gasteiger partial charge in [0.25, 0.3) is 10.0 Å². The van der Waals surface area contributed by atoms with Gasteiger partial charge >= 0.3 is 0 Å². The van der Waals surface area contributed by atoms with Gasteiger partial charge in [0.2, 0.25) is 5.91 Å². The van der Waals surface area contributed by atoms with Crippen molar-refractivity contribution in [1.29, 1.82) is 0 Å². The first kappa shape index (κ1) is 22.2. The highest BCUT2D eigenvalue weighted by Crippen LogP contribution is 2.28. The molecule has 1 fully saturated rings. The molecule has 2 aromatic rings. The van der Waals surface area contributed by atoms with Gasteiger partial charge in [0, 0.05) is 32.7 Å². The van der Waals surface area contributed by atoms with E-state index in [1.807, 2.05) is 30.0 Å². The number of hydrogen-bond donors (Lipinski definition) is 1. The Bertz CT molecular complexity index is 925. The average molecular weight is 456 g/mol. The van der Waals surface area contributed by atoms with Gasteiger partial charge in [-0.05, 0) is 30.5 Å².